The van der Waals surface area contributed by atoms with E-state index in [1.165, 1.54) is 0 Å². The van der Waals surface area contributed by atoms with Gasteiger partial charge in [0.05, 0.1) is 12.0 Å². The number of aliphatic carboxylic acids is 1. The summed E-state index contributed by atoms with van der Waals surface area (Å²) in [5.41, 5.74) is -0.214. The number of hydrogen-bond acceptors (Lipinski definition) is 4. The Balaban J connectivity index is 4.75. The molecule has 19 heavy (non-hydrogen) atoms. The fraction of sp³-hybridized carbons (Fsp3) is 0.833. The average molecular weight is 290 g/mol. The van der Waals surface area contributed by atoms with Crippen LogP contribution in [-0.2, 0) is 14.8 Å². The van der Waals surface area contributed by atoms with E-state index in [1.54, 1.807) is 13.0 Å². The first-order chi connectivity index (χ1) is 8.53. The van der Waals surface area contributed by atoms with Gasteiger partial charge in [0, 0.05) is 6.54 Å². The standard InChI is InChI=1S/C12H22N2O4S/c1-5-10(7-13)19(17,18)14-8-9(11(15)16)6-12(2,3)4/h9-10,14H,5-6,8H2,1-4H3,(H,15,16). The van der Waals surface area contributed by atoms with Gasteiger partial charge in [-0.2, -0.15) is 5.26 Å². The lowest BCUT2D eigenvalue weighted by Crippen LogP contribution is -2.39. The van der Waals surface area contributed by atoms with Crippen LogP contribution in [0.3, 0.4) is 0 Å². The molecule has 2 unspecified atom stereocenters. The van der Waals surface area contributed by atoms with Crippen molar-refractivity contribution >= 4 is 16.0 Å². The van der Waals surface area contributed by atoms with Gasteiger partial charge in [0.1, 0.15) is 0 Å². The lowest BCUT2D eigenvalue weighted by Gasteiger charge is -2.23. The Bertz CT molecular complexity index is 445. The Morgan fingerprint density at radius 3 is 2.26 bits per heavy atom. The number of nitrogens with zero attached hydrogens (tertiary/aromatic N) is 1. The van der Waals surface area contributed by atoms with Crippen LogP contribution < -0.4 is 4.72 Å². The van der Waals surface area contributed by atoms with E-state index in [4.69, 9.17) is 10.4 Å². The maximum atomic E-state index is 11.8. The number of hydrogen-bond donors (Lipinski definition) is 2. The number of nitriles is 1. The fourth-order valence-corrected chi connectivity index (χ4v) is 2.90. The molecule has 0 aromatic carbocycles. The van der Waals surface area contributed by atoms with Crippen molar-refractivity contribution in [3.63, 3.8) is 0 Å². The van der Waals surface area contributed by atoms with Gasteiger partial charge in [-0.15, -0.1) is 0 Å². The van der Waals surface area contributed by atoms with Crippen molar-refractivity contribution in [2.75, 3.05) is 6.54 Å². The molecule has 0 bridgehead atoms. The summed E-state index contributed by atoms with van der Waals surface area (Å²) >= 11 is 0. The predicted molar refractivity (Wildman–Crippen MR) is 71.8 cm³/mol. The highest BCUT2D eigenvalue weighted by Gasteiger charge is 2.28. The molecule has 0 radical (unpaired) electrons. The second kappa shape index (κ2) is 6.87. The van der Waals surface area contributed by atoms with Gasteiger partial charge in [-0.25, -0.2) is 13.1 Å². The molecule has 0 amide bonds. The summed E-state index contributed by atoms with van der Waals surface area (Å²) in [5, 5.41) is 16.7. The van der Waals surface area contributed by atoms with Crippen molar-refractivity contribution in [3.05, 3.63) is 0 Å². The molecule has 0 saturated heterocycles. The maximum Gasteiger partial charge on any atom is 0.307 e. The van der Waals surface area contributed by atoms with Crippen molar-refractivity contribution in [1.29, 1.82) is 5.26 Å². The molecule has 7 heteroatoms. The molecule has 0 spiro atoms. The highest BCUT2D eigenvalue weighted by atomic mass is 32.2. The molecule has 0 aromatic heterocycles. The molecule has 2 atom stereocenters. The van der Waals surface area contributed by atoms with E-state index in [0.717, 1.165) is 0 Å². The number of carboxylic acid groups (broad SMARTS) is 1. The van der Waals surface area contributed by atoms with Gasteiger partial charge in [-0.1, -0.05) is 27.7 Å². The summed E-state index contributed by atoms with van der Waals surface area (Å²) < 4.78 is 25.8. The zero-order valence-electron chi connectivity index (χ0n) is 11.8. The van der Waals surface area contributed by atoms with Crippen LogP contribution in [0.1, 0.15) is 40.5 Å². The number of rotatable bonds is 7. The van der Waals surface area contributed by atoms with Gasteiger partial charge >= 0.3 is 5.97 Å². The van der Waals surface area contributed by atoms with E-state index in [0.29, 0.717) is 6.42 Å². The van der Waals surface area contributed by atoms with E-state index in [2.05, 4.69) is 4.72 Å². The van der Waals surface area contributed by atoms with E-state index in [-0.39, 0.29) is 18.4 Å². The molecule has 0 aromatic rings. The summed E-state index contributed by atoms with van der Waals surface area (Å²) in [4.78, 5) is 11.1. The SMILES string of the molecule is CCC(C#N)S(=O)(=O)NCC(CC(C)(C)C)C(=O)O. The number of carbonyl (C=O) groups is 1. The van der Waals surface area contributed by atoms with E-state index >= 15 is 0 Å². The molecular weight excluding hydrogens is 268 g/mol. The Labute approximate surface area is 114 Å². The molecule has 0 heterocycles. The molecule has 0 rings (SSSR count). The summed E-state index contributed by atoms with van der Waals surface area (Å²) in [6, 6.07) is 1.70. The van der Waals surface area contributed by atoms with Crippen molar-refractivity contribution < 1.29 is 18.3 Å². The Hall–Kier alpha value is -1.13. The summed E-state index contributed by atoms with van der Waals surface area (Å²) in [7, 11) is -3.78. The van der Waals surface area contributed by atoms with Crippen molar-refractivity contribution in [2.45, 2.75) is 45.8 Å². The fourth-order valence-electron chi connectivity index (χ4n) is 1.68. The Morgan fingerprint density at radius 2 is 1.95 bits per heavy atom. The first-order valence-corrected chi connectivity index (χ1v) is 7.69. The topological polar surface area (TPSA) is 107 Å². The smallest absolute Gasteiger partial charge is 0.307 e. The molecular formula is C12H22N2O4S. The van der Waals surface area contributed by atoms with Gasteiger partial charge in [0.25, 0.3) is 0 Å². The average Bonchev–Trinajstić information content (AvgIpc) is 2.23. The molecule has 0 aliphatic heterocycles. The van der Waals surface area contributed by atoms with Crippen LogP contribution in [0.4, 0.5) is 0 Å². The lowest BCUT2D eigenvalue weighted by molar-refractivity contribution is -0.142. The molecule has 0 aliphatic rings. The molecule has 0 saturated carbocycles. The van der Waals surface area contributed by atoms with Gasteiger partial charge in [0.15, 0.2) is 5.25 Å². The van der Waals surface area contributed by atoms with Crippen LogP contribution >= 0.6 is 0 Å². The number of sulfonamides is 1. The molecule has 0 fully saturated rings. The molecule has 0 aliphatic carbocycles. The van der Waals surface area contributed by atoms with Crippen LogP contribution in [0.5, 0.6) is 0 Å². The summed E-state index contributed by atoms with van der Waals surface area (Å²) in [6.07, 6.45) is 0.525. The van der Waals surface area contributed by atoms with Crippen LogP contribution in [-0.4, -0.2) is 31.3 Å². The Morgan fingerprint density at radius 1 is 1.42 bits per heavy atom. The third-order valence-electron chi connectivity index (χ3n) is 2.63. The van der Waals surface area contributed by atoms with Crippen LogP contribution in [0.2, 0.25) is 0 Å². The predicted octanol–water partition coefficient (Wildman–Crippen LogP) is 1.34. The first kappa shape index (κ1) is 17.9. The minimum Gasteiger partial charge on any atom is -0.481 e. The van der Waals surface area contributed by atoms with E-state index in [1.807, 2.05) is 20.8 Å². The highest BCUT2D eigenvalue weighted by molar-refractivity contribution is 7.90. The van der Waals surface area contributed by atoms with Crippen molar-refractivity contribution in [1.82, 2.24) is 4.72 Å². The zero-order chi connectivity index (χ0) is 15.3. The van der Waals surface area contributed by atoms with Crippen molar-refractivity contribution in [2.24, 2.45) is 11.3 Å². The van der Waals surface area contributed by atoms with Crippen LogP contribution in [0.15, 0.2) is 0 Å². The largest absolute Gasteiger partial charge is 0.481 e. The molecule has 110 valence electrons. The third-order valence-corrected chi connectivity index (χ3v) is 4.39. The van der Waals surface area contributed by atoms with Gasteiger partial charge in [-0.05, 0) is 18.3 Å². The maximum absolute atomic E-state index is 11.8. The van der Waals surface area contributed by atoms with Crippen LogP contribution in [0, 0.1) is 22.7 Å². The molecule has 6 nitrogen and oxygen atoms in total. The second-order valence-corrected chi connectivity index (χ2v) is 7.67. The monoisotopic (exact) mass is 290 g/mol. The zero-order valence-corrected chi connectivity index (χ0v) is 12.6. The molecule has 2 N–H and O–H groups in total. The quantitative estimate of drug-likeness (QED) is 0.735. The Kier molecular flexibility index (Phi) is 6.46. The van der Waals surface area contributed by atoms with E-state index < -0.39 is 27.2 Å². The third kappa shape index (κ3) is 6.55. The normalized spacial score (nSPS) is 15.5. The summed E-state index contributed by atoms with van der Waals surface area (Å²) in [5.74, 6) is -1.84. The van der Waals surface area contributed by atoms with Gasteiger partial charge in [0.2, 0.25) is 10.0 Å². The van der Waals surface area contributed by atoms with E-state index in [9.17, 15) is 13.2 Å². The first-order valence-electron chi connectivity index (χ1n) is 6.14. The lowest BCUT2D eigenvalue weighted by atomic mass is 9.85. The van der Waals surface area contributed by atoms with Gasteiger partial charge in [-0.3, -0.25) is 4.79 Å². The number of nitrogens with one attached hydrogen (secondary N) is 1. The second-order valence-electron chi connectivity index (χ2n) is 5.72. The number of carboxylic acids is 1. The van der Waals surface area contributed by atoms with Crippen LogP contribution in [0.25, 0.3) is 0 Å². The highest BCUT2D eigenvalue weighted by Crippen LogP contribution is 2.24. The van der Waals surface area contributed by atoms with Gasteiger partial charge < -0.3 is 5.11 Å². The minimum atomic E-state index is -3.78. The summed E-state index contributed by atoms with van der Waals surface area (Å²) in [6.45, 7) is 7.08. The minimum absolute atomic E-state index is 0.169. The van der Waals surface area contributed by atoms with Crippen molar-refractivity contribution in [3.8, 4) is 6.07 Å².